The molecule has 2 atom stereocenters. The van der Waals surface area contributed by atoms with E-state index in [1.165, 1.54) is 0 Å². The van der Waals surface area contributed by atoms with Crippen LogP contribution in [0.15, 0.2) is 97.1 Å². The molecule has 0 bridgehead atoms. The molecular weight excluding hydrogens is 482 g/mol. The van der Waals surface area contributed by atoms with E-state index in [-0.39, 0.29) is 0 Å². The molecule has 1 aliphatic rings. The molecule has 1 heterocycles. The van der Waals surface area contributed by atoms with Gasteiger partial charge in [-0.15, -0.1) is 0 Å². The van der Waals surface area contributed by atoms with E-state index >= 15 is 0 Å². The highest BCUT2D eigenvalue weighted by atomic mass is 16.6. The van der Waals surface area contributed by atoms with Crippen molar-refractivity contribution in [2.75, 3.05) is 14.2 Å². The SMILES string of the molecule is COc1ccc([C@H]2NC(=O)O[C@H]2c2ccc(OC)cc2OCc2ccccc2)c(OCc2ccccc2)c1. The number of hydrogen-bond donors (Lipinski definition) is 1. The van der Waals surface area contributed by atoms with Crippen molar-refractivity contribution in [3.63, 3.8) is 0 Å². The van der Waals surface area contributed by atoms with Gasteiger partial charge in [0.15, 0.2) is 6.10 Å². The Bertz CT molecular complexity index is 1270. The van der Waals surface area contributed by atoms with Gasteiger partial charge in [-0.05, 0) is 35.4 Å². The molecule has 0 saturated carbocycles. The highest BCUT2D eigenvalue weighted by Crippen LogP contribution is 2.45. The van der Waals surface area contributed by atoms with Crippen LogP contribution >= 0.6 is 0 Å². The lowest BCUT2D eigenvalue weighted by Gasteiger charge is -2.23. The number of rotatable bonds is 10. The van der Waals surface area contributed by atoms with Crippen molar-refractivity contribution in [1.29, 1.82) is 0 Å². The summed E-state index contributed by atoms with van der Waals surface area (Å²) in [5.41, 5.74) is 3.53. The predicted molar refractivity (Wildman–Crippen MR) is 143 cm³/mol. The Balaban J connectivity index is 1.48. The summed E-state index contributed by atoms with van der Waals surface area (Å²) in [6, 6.07) is 30.3. The number of nitrogens with one attached hydrogen (secondary N) is 1. The average molecular weight is 512 g/mol. The first-order valence-electron chi connectivity index (χ1n) is 12.3. The van der Waals surface area contributed by atoms with Crippen LogP contribution in [0.5, 0.6) is 23.0 Å². The Morgan fingerprint density at radius 3 is 1.71 bits per heavy atom. The first kappa shape index (κ1) is 25.0. The molecule has 7 nitrogen and oxygen atoms in total. The summed E-state index contributed by atoms with van der Waals surface area (Å²) >= 11 is 0. The van der Waals surface area contributed by atoms with Crippen molar-refractivity contribution in [1.82, 2.24) is 5.32 Å². The van der Waals surface area contributed by atoms with Gasteiger partial charge in [-0.2, -0.15) is 0 Å². The lowest BCUT2D eigenvalue weighted by Crippen LogP contribution is -2.20. The van der Waals surface area contributed by atoms with Crippen molar-refractivity contribution in [2.45, 2.75) is 25.4 Å². The van der Waals surface area contributed by atoms with Crippen LogP contribution in [0.25, 0.3) is 0 Å². The quantitative estimate of drug-likeness (QED) is 0.266. The molecular formula is C31H29NO6. The minimum Gasteiger partial charge on any atom is -0.497 e. The zero-order valence-electron chi connectivity index (χ0n) is 21.3. The zero-order valence-corrected chi connectivity index (χ0v) is 21.3. The maximum Gasteiger partial charge on any atom is 0.408 e. The third kappa shape index (κ3) is 5.67. The van der Waals surface area contributed by atoms with Crippen molar-refractivity contribution >= 4 is 6.09 Å². The monoisotopic (exact) mass is 511 g/mol. The number of cyclic esters (lactones) is 1. The van der Waals surface area contributed by atoms with E-state index in [4.69, 9.17) is 23.7 Å². The molecule has 1 amide bonds. The number of ether oxygens (including phenoxy) is 5. The van der Waals surface area contributed by atoms with E-state index in [2.05, 4.69) is 5.32 Å². The minimum absolute atomic E-state index is 0.355. The number of methoxy groups -OCH3 is 2. The third-order valence-electron chi connectivity index (χ3n) is 6.37. The molecule has 1 N–H and O–H groups in total. The topological polar surface area (TPSA) is 75.3 Å². The van der Waals surface area contributed by atoms with Gasteiger partial charge in [-0.3, -0.25) is 0 Å². The van der Waals surface area contributed by atoms with E-state index in [0.29, 0.717) is 36.2 Å². The number of amides is 1. The first-order chi connectivity index (χ1) is 18.6. The molecule has 38 heavy (non-hydrogen) atoms. The van der Waals surface area contributed by atoms with Crippen LogP contribution in [0, 0.1) is 0 Å². The largest absolute Gasteiger partial charge is 0.497 e. The van der Waals surface area contributed by atoms with Crippen LogP contribution in [-0.4, -0.2) is 20.3 Å². The predicted octanol–water partition coefficient (Wildman–Crippen LogP) is 6.38. The molecule has 7 heteroatoms. The van der Waals surface area contributed by atoms with Gasteiger partial charge in [0.1, 0.15) is 42.3 Å². The summed E-state index contributed by atoms with van der Waals surface area (Å²) in [7, 11) is 3.20. The van der Waals surface area contributed by atoms with E-state index < -0.39 is 18.2 Å². The Morgan fingerprint density at radius 2 is 1.18 bits per heavy atom. The van der Waals surface area contributed by atoms with Crippen LogP contribution in [0.4, 0.5) is 4.79 Å². The maximum absolute atomic E-state index is 12.6. The van der Waals surface area contributed by atoms with Crippen LogP contribution in [-0.2, 0) is 18.0 Å². The summed E-state index contributed by atoms with van der Waals surface area (Å²) in [4.78, 5) is 12.6. The van der Waals surface area contributed by atoms with Crippen molar-refractivity contribution in [3.05, 3.63) is 119 Å². The second-order valence-electron chi connectivity index (χ2n) is 8.80. The van der Waals surface area contributed by atoms with E-state index in [0.717, 1.165) is 22.3 Å². The number of alkyl carbamates (subject to hydrolysis) is 1. The van der Waals surface area contributed by atoms with Crippen LogP contribution < -0.4 is 24.3 Å². The van der Waals surface area contributed by atoms with Gasteiger partial charge in [-0.1, -0.05) is 60.7 Å². The summed E-state index contributed by atoms with van der Waals surface area (Å²) in [6.45, 7) is 0.717. The van der Waals surface area contributed by atoms with Gasteiger partial charge in [0.25, 0.3) is 0 Å². The van der Waals surface area contributed by atoms with Gasteiger partial charge in [-0.25, -0.2) is 4.79 Å². The van der Waals surface area contributed by atoms with E-state index in [1.54, 1.807) is 14.2 Å². The van der Waals surface area contributed by atoms with Crippen LogP contribution in [0.2, 0.25) is 0 Å². The van der Waals surface area contributed by atoms with Gasteiger partial charge in [0, 0.05) is 23.3 Å². The smallest absolute Gasteiger partial charge is 0.408 e. The summed E-state index contributed by atoms with van der Waals surface area (Å²) < 4.78 is 29.1. The fourth-order valence-corrected chi connectivity index (χ4v) is 4.40. The Morgan fingerprint density at radius 1 is 0.684 bits per heavy atom. The molecule has 0 aliphatic carbocycles. The number of hydrogen-bond acceptors (Lipinski definition) is 6. The normalized spacial score (nSPS) is 16.3. The van der Waals surface area contributed by atoms with Crippen LogP contribution in [0.1, 0.15) is 34.4 Å². The van der Waals surface area contributed by atoms with Gasteiger partial charge in [0.05, 0.1) is 14.2 Å². The zero-order chi connectivity index (χ0) is 26.3. The van der Waals surface area contributed by atoms with Gasteiger partial charge >= 0.3 is 6.09 Å². The van der Waals surface area contributed by atoms with Gasteiger partial charge < -0.3 is 29.0 Å². The standard InChI is InChI=1S/C31H29NO6/c1-34-23-13-15-25(27(17-23)36-19-21-9-5-3-6-10-21)29-30(38-31(33)32-29)26-16-14-24(35-2)18-28(26)37-20-22-11-7-4-8-12-22/h3-18,29-30H,19-20H2,1-2H3,(H,32,33)/t29-,30+/m1/s1. The molecule has 0 aromatic heterocycles. The summed E-state index contributed by atoms with van der Waals surface area (Å²) in [6.07, 6.45) is -1.18. The van der Waals surface area contributed by atoms with Crippen molar-refractivity contribution < 1.29 is 28.5 Å². The number of benzene rings is 4. The highest BCUT2D eigenvalue weighted by molar-refractivity contribution is 5.72. The number of carbonyl (C=O) groups is 1. The summed E-state index contributed by atoms with van der Waals surface area (Å²) in [5.74, 6) is 2.45. The third-order valence-corrected chi connectivity index (χ3v) is 6.37. The highest BCUT2D eigenvalue weighted by Gasteiger charge is 2.40. The molecule has 4 aromatic rings. The molecule has 194 valence electrons. The fraction of sp³-hybridized carbons (Fsp3) is 0.194. The fourth-order valence-electron chi connectivity index (χ4n) is 4.40. The molecule has 4 aromatic carbocycles. The second kappa shape index (κ2) is 11.6. The molecule has 1 fully saturated rings. The van der Waals surface area contributed by atoms with Gasteiger partial charge in [0.2, 0.25) is 0 Å². The lowest BCUT2D eigenvalue weighted by atomic mass is 9.94. The minimum atomic E-state index is -0.661. The Labute approximate surface area is 221 Å². The molecule has 0 radical (unpaired) electrons. The molecule has 0 spiro atoms. The second-order valence-corrected chi connectivity index (χ2v) is 8.80. The van der Waals surface area contributed by atoms with E-state index in [1.807, 2.05) is 97.1 Å². The van der Waals surface area contributed by atoms with Crippen molar-refractivity contribution in [2.24, 2.45) is 0 Å². The molecule has 0 unspecified atom stereocenters. The average Bonchev–Trinajstić information content (AvgIpc) is 3.36. The molecule has 5 rings (SSSR count). The Hall–Kier alpha value is -4.65. The maximum atomic E-state index is 12.6. The number of carbonyl (C=O) groups excluding carboxylic acids is 1. The van der Waals surface area contributed by atoms with Crippen LogP contribution in [0.3, 0.4) is 0 Å². The molecule has 1 saturated heterocycles. The first-order valence-corrected chi connectivity index (χ1v) is 12.3. The Kier molecular flexibility index (Phi) is 7.64. The summed E-state index contributed by atoms with van der Waals surface area (Å²) in [5, 5.41) is 2.96. The molecule has 1 aliphatic heterocycles. The van der Waals surface area contributed by atoms with E-state index in [9.17, 15) is 4.79 Å². The lowest BCUT2D eigenvalue weighted by molar-refractivity contribution is 0.128. The van der Waals surface area contributed by atoms with Crippen molar-refractivity contribution in [3.8, 4) is 23.0 Å².